The van der Waals surface area contributed by atoms with Crippen molar-refractivity contribution in [3.8, 4) is 0 Å². The van der Waals surface area contributed by atoms with E-state index in [2.05, 4.69) is 25.9 Å². The van der Waals surface area contributed by atoms with Gasteiger partial charge in [-0.15, -0.1) is 0 Å². The van der Waals surface area contributed by atoms with E-state index in [9.17, 15) is 0 Å². The van der Waals surface area contributed by atoms with Crippen LogP contribution >= 0.6 is 23.4 Å². The molecular weight excluding hydrogens is 490 g/mol. The van der Waals surface area contributed by atoms with E-state index in [0.717, 1.165) is 89.1 Å². The molecule has 2 N–H and O–H groups in total. The van der Waals surface area contributed by atoms with Crippen molar-refractivity contribution in [3.05, 3.63) is 64.5 Å². The molecule has 9 heteroatoms. The molecule has 184 valence electrons. The molecule has 3 aromatic rings. The maximum atomic E-state index is 6.74. The third kappa shape index (κ3) is 3.99. The number of likely N-dealkylation sites (tertiary alicyclic amines) is 1. The first-order valence-corrected chi connectivity index (χ1v) is 14.0. The van der Waals surface area contributed by atoms with Crippen LogP contribution in [0.3, 0.4) is 0 Å². The summed E-state index contributed by atoms with van der Waals surface area (Å²) < 4.78 is 0. The average Bonchev–Trinajstić information content (AvgIpc) is 3.55. The summed E-state index contributed by atoms with van der Waals surface area (Å²) in [5, 5.41) is 1.59. The Hall–Kier alpha value is -2.55. The molecule has 4 aliphatic rings. The molecule has 2 aliphatic heterocycles. The van der Waals surface area contributed by atoms with Gasteiger partial charge < -0.3 is 10.6 Å². The fourth-order valence-electron chi connectivity index (χ4n) is 5.96. The number of amidine groups is 1. The predicted molar refractivity (Wildman–Crippen MR) is 141 cm³/mol. The molecule has 0 radical (unpaired) electrons. The van der Waals surface area contributed by atoms with Crippen LogP contribution in [0.5, 0.6) is 0 Å². The van der Waals surface area contributed by atoms with Gasteiger partial charge in [-0.05, 0) is 73.1 Å². The number of pyridine rings is 2. The normalized spacial score (nSPS) is 22.0. The zero-order chi connectivity index (χ0) is 24.3. The van der Waals surface area contributed by atoms with Crippen LogP contribution < -0.4 is 5.73 Å². The van der Waals surface area contributed by atoms with Crippen LogP contribution in [0.1, 0.15) is 54.2 Å². The molecular formula is C27H28ClN7S. The number of hydrogen-bond acceptors (Lipinski definition) is 8. The highest BCUT2D eigenvalue weighted by molar-refractivity contribution is 7.99. The summed E-state index contributed by atoms with van der Waals surface area (Å²) in [6.45, 7) is 1.92. The van der Waals surface area contributed by atoms with Gasteiger partial charge in [0.2, 0.25) is 0 Å². The Bertz CT molecular complexity index is 1360. The number of rotatable bonds is 4. The van der Waals surface area contributed by atoms with Gasteiger partial charge in [-0.25, -0.2) is 15.0 Å². The summed E-state index contributed by atoms with van der Waals surface area (Å²) in [6.07, 6.45) is 14.9. The van der Waals surface area contributed by atoms with E-state index in [4.69, 9.17) is 27.3 Å². The fourth-order valence-corrected chi connectivity index (χ4v) is 7.09. The number of nitrogens with two attached hydrogens (primary N) is 1. The maximum Gasteiger partial charge on any atom is 0.176 e. The largest absolute Gasteiger partial charge is 0.360 e. The van der Waals surface area contributed by atoms with Gasteiger partial charge in [0.15, 0.2) is 5.82 Å². The second-order valence-corrected chi connectivity index (χ2v) is 12.0. The van der Waals surface area contributed by atoms with Gasteiger partial charge in [-0.3, -0.25) is 9.97 Å². The molecule has 2 fully saturated rings. The minimum atomic E-state index is 0.0908. The molecule has 7 nitrogen and oxygen atoms in total. The number of fused-ring (bicyclic) bond motifs is 2. The summed E-state index contributed by atoms with van der Waals surface area (Å²) >= 11 is 8.25. The van der Waals surface area contributed by atoms with Crippen molar-refractivity contribution in [1.29, 1.82) is 0 Å². The molecule has 5 heterocycles. The maximum absolute atomic E-state index is 6.74. The van der Waals surface area contributed by atoms with Crippen molar-refractivity contribution in [2.75, 3.05) is 13.1 Å². The van der Waals surface area contributed by atoms with E-state index < -0.39 is 0 Å². The molecule has 7 rings (SSSR count). The smallest absolute Gasteiger partial charge is 0.176 e. The lowest BCUT2D eigenvalue weighted by atomic mass is 9.73. The Morgan fingerprint density at radius 1 is 1.11 bits per heavy atom. The number of piperidine rings is 1. The molecule has 1 atom stereocenters. The molecule has 2 aliphatic carbocycles. The topological polar surface area (TPSA) is 93.2 Å². The number of halogens is 1. The van der Waals surface area contributed by atoms with Crippen molar-refractivity contribution in [2.24, 2.45) is 22.1 Å². The lowest BCUT2D eigenvalue weighted by Crippen LogP contribution is -2.46. The third-order valence-corrected chi connectivity index (χ3v) is 9.78. The Morgan fingerprint density at radius 3 is 2.78 bits per heavy atom. The van der Waals surface area contributed by atoms with Gasteiger partial charge in [-0.2, -0.15) is 0 Å². The first-order chi connectivity index (χ1) is 17.6. The van der Waals surface area contributed by atoms with E-state index in [-0.39, 0.29) is 11.5 Å². The van der Waals surface area contributed by atoms with Crippen LogP contribution in [0.25, 0.3) is 0 Å². The lowest BCUT2D eigenvalue weighted by molar-refractivity contribution is 0.127. The van der Waals surface area contributed by atoms with Gasteiger partial charge >= 0.3 is 0 Å². The zero-order valence-corrected chi connectivity index (χ0v) is 21.6. The van der Waals surface area contributed by atoms with Crippen molar-refractivity contribution in [1.82, 2.24) is 24.8 Å². The van der Waals surface area contributed by atoms with E-state index in [1.165, 1.54) is 24.0 Å². The van der Waals surface area contributed by atoms with Crippen molar-refractivity contribution in [3.63, 3.8) is 0 Å². The van der Waals surface area contributed by atoms with Crippen LogP contribution in [0.15, 0.2) is 51.8 Å². The van der Waals surface area contributed by atoms with E-state index >= 15 is 0 Å². The van der Waals surface area contributed by atoms with Crippen LogP contribution in [0.2, 0.25) is 5.02 Å². The third-order valence-electron chi connectivity index (χ3n) is 8.28. The quantitative estimate of drug-likeness (QED) is 0.523. The van der Waals surface area contributed by atoms with Crippen LogP contribution in [-0.2, 0) is 19.3 Å². The Balaban J connectivity index is 1.02. The molecule has 1 saturated heterocycles. The minimum absolute atomic E-state index is 0.0908. The second-order valence-electron chi connectivity index (χ2n) is 10.6. The summed E-state index contributed by atoms with van der Waals surface area (Å²) in [5.41, 5.74) is 11.4. The molecule has 0 bridgehead atoms. The van der Waals surface area contributed by atoms with Crippen molar-refractivity contribution >= 4 is 35.0 Å². The molecule has 1 saturated carbocycles. The summed E-state index contributed by atoms with van der Waals surface area (Å²) in [6, 6.07) is 4.15. The van der Waals surface area contributed by atoms with E-state index in [1.807, 2.05) is 24.7 Å². The molecule has 0 unspecified atom stereocenters. The summed E-state index contributed by atoms with van der Waals surface area (Å²) in [7, 11) is 0. The molecule has 1 spiro atoms. The fraction of sp³-hybridized carbons (Fsp3) is 0.444. The lowest BCUT2D eigenvalue weighted by Gasteiger charge is -2.42. The summed E-state index contributed by atoms with van der Waals surface area (Å²) in [5.74, 6) is 2.55. The van der Waals surface area contributed by atoms with E-state index in [0.29, 0.717) is 0 Å². The van der Waals surface area contributed by atoms with Crippen LogP contribution in [-0.4, -0.2) is 43.8 Å². The monoisotopic (exact) mass is 517 g/mol. The first kappa shape index (κ1) is 22.6. The van der Waals surface area contributed by atoms with Gasteiger partial charge in [0.25, 0.3) is 0 Å². The predicted octanol–water partition coefficient (Wildman–Crippen LogP) is 4.95. The Kier molecular flexibility index (Phi) is 5.52. The van der Waals surface area contributed by atoms with Gasteiger partial charge in [0.1, 0.15) is 10.9 Å². The van der Waals surface area contributed by atoms with Crippen LogP contribution in [0, 0.1) is 11.3 Å². The number of nitrogens with zero attached hydrogens (tertiary/aromatic N) is 6. The molecule has 3 aromatic heterocycles. The van der Waals surface area contributed by atoms with Gasteiger partial charge in [0.05, 0.1) is 29.0 Å². The first-order valence-electron chi connectivity index (χ1n) is 12.8. The SMILES string of the molecule is N[C@@H]1c2ccncc2CC12CCN(C1=Nc3ncc(Sc4ccnc(CC5CC5)c4Cl)nc3C1)CC2. The highest BCUT2D eigenvalue weighted by atomic mass is 35.5. The molecule has 0 aromatic carbocycles. The van der Waals surface area contributed by atoms with E-state index in [1.54, 1.807) is 18.0 Å². The zero-order valence-electron chi connectivity index (χ0n) is 20.0. The average molecular weight is 518 g/mol. The number of hydrogen-bond donors (Lipinski definition) is 1. The standard InChI is InChI=1S/C27H28ClN7S/c28-24-19(11-16-1-2-16)31-8-4-21(24)36-23-15-32-26-20(33-23)12-22(34-26)35-9-5-27(6-10-35)13-17-14-30-7-3-18(17)25(27)29/h3-4,7-8,14-16,25H,1-2,5-6,9-13,29H2/t25-/m1/s1. The second kappa shape index (κ2) is 8.78. The van der Waals surface area contributed by atoms with Crippen molar-refractivity contribution < 1.29 is 0 Å². The summed E-state index contributed by atoms with van der Waals surface area (Å²) in [4.78, 5) is 26.6. The Morgan fingerprint density at radius 2 is 1.97 bits per heavy atom. The molecule has 0 amide bonds. The van der Waals surface area contributed by atoms with Gasteiger partial charge in [0, 0.05) is 42.6 Å². The Labute approximate surface area is 220 Å². The van der Waals surface area contributed by atoms with Crippen LogP contribution in [0.4, 0.5) is 5.82 Å². The van der Waals surface area contributed by atoms with Gasteiger partial charge in [-0.1, -0.05) is 23.4 Å². The number of aliphatic imine (C=N–C) groups is 1. The highest BCUT2D eigenvalue weighted by Gasteiger charge is 2.46. The highest BCUT2D eigenvalue weighted by Crippen LogP contribution is 2.50. The minimum Gasteiger partial charge on any atom is -0.360 e. The number of aromatic nitrogens is 4. The van der Waals surface area contributed by atoms with Crippen molar-refractivity contribution in [2.45, 2.75) is 60.9 Å². The molecule has 36 heavy (non-hydrogen) atoms.